The SMILES string of the molecule is COCC(CBr)NC(=O)CCc1ccco1. The van der Waals surface area contributed by atoms with Crippen molar-refractivity contribution in [2.24, 2.45) is 0 Å². The maximum Gasteiger partial charge on any atom is 0.220 e. The molecule has 0 spiro atoms. The Hall–Kier alpha value is -0.810. The predicted octanol–water partition coefficient (Wildman–Crippen LogP) is 1.74. The monoisotopic (exact) mass is 289 g/mol. The first kappa shape index (κ1) is 13.3. The highest BCUT2D eigenvalue weighted by Crippen LogP contribution is 2.03. The molecule has 0 aliphatic rings. The fraction of sp³-hybridized carbons (Fsp3) is 0.545. The molecule has 0 saturated carbocycles. The average molecular weight is 290 g/mol. The first-order valence-electron chi connectivity index (χ1n) is 5.13. The molecule has 90 valence electrons. The molecule has 0 aliphatic carbocycles. The van der Waals surface area contributed by atoms with E-state index in [-0.39, 0.29) is 11.9 Å². The zero-order valence-electron chi connectivity index (χ0n) is 9.24. The second kappa shape index (κ2) is 7.46. The minimum atomic E-state index is 0.0119. The van der Waals surface area contributed by atoms with Gasteiger partial charge in [0.2, 0.25) is 5.91 Å². The van der Waals surface area contributed by atoms with Crippen LogP contribution in [0, 0.1) is 0 Å². The van der Waals surface area contributed by atoms with E-state index >= 15 is 0 Å². The number of aryl methyl sites for hydroxylation is 1. The van der Waals surface area contributed by atoms with E-state index in [0.29, 0.717) is 24.8 Å². The van der Waals surface area contributed by atoms with Gasteiger partial charge >= 0.3 is 0 Å². The molecule has 0 aliphatic heterocycles. The lowest BCUT2D eigenvalue weighted by atomic mass is 10.2. The Bertz CT molecular complexity index is 300. The summed E-state index contributed by atoms with van der Waals surface area (Å²) in [6.45, 7) is 0.512. The van der Waals surface area contributed by atoms with Gasteiger partial charge in [-0.1, -0.05) is 15.9 Å². The van der Waals surface area contributed by atoms with Crippen LogP contribution < -0.4 is 5.32 Å². The summed E-state index contributed by atoms with van der Waals surface area (Å²) in [7, 11) is 1.62. The molecule has 1 aromatic rings. The van der Waals surface area contributed by atoms with E-state index in [4.69, 9.17) is 9.15 Å². The van der Waals surface area contributed by atoms with E-state index < -0.39 is 0 Å². The van der Waals surface area contributed by atoms with Crippen molar-refractivity contribution < 1.29 is 13.9 Å². The number of nitrogens with one attached hydrogen (secondary N) is 1. The fourth-order valence-electron chi connectivity index (χ4n) is 1.32. The maximum atomic E-state index is 11.6. The summed E-state index contributed by atoms with van der Waals surface area (Å²) in [5.41, 5.74) is 0. The number of carbonyl (C=O) groups is 1. The summed E-state index contributed by atoms with van der Waals surface area (Å²) in [6, 6.07) is 3.71. The number of furan rings is 1. The zero-order valence-corrected chi connectivity index (χ0v) is 10.8. The second-order valence-electron chi connectivity index (χ2n) is 3.45. The molecule has 0 bridgehead atoms. The van der Waals surface area contributed by atoms with Gasteiger partial charge in [0.05, 0.1) is 18.9 Å². The highest BCUT2D eigenvalue weighted by Gasteiger charge is 2.10. The van der Waals surface area contributed by atoms with Gasteiger partial charge in [-0.15, -0.1) is 0 Å². The molecule has 0 fully saturated rings. The van der Waals surface area contributed by atoms with Crippen molar-refractivity contribution >= 4 is 21.8 Å². The standard InChI is InChI=1S/C11H16BrNO3/c1-15-8-9(7-12)13-11(14)5-4-10-3-2-6-16-10/h2-3,6,9H,4-5,7-8H2,1H3,(H,13,14). The molecular formula is C11H16BrNO3. The largest absolute Gasteiger partial charge is 0.469 e. The summed E-state index contributed by atoms with van der Waals surface area (Å²) in [5, 5.41) is 3.57. The van der Waals surface area contributed by atoms with Crippen molar-refractivity contribution in [1.82, 2.24) is 5.32 Å². The van der Waals surface area contributed by atoms with E-state index in [1.807, 2.05) is 12.1 Å². The third kappa shape index (κ3) is 4.81. The van der Waals surface area contributed by atoms with Crippen LogP contribution in [0.25, 0.3) is 0 Å². The van der Waals surface area contributed by atoms with Gasteiger partial charge in [-0.2, -0.15) is 0 Å². The first-order valence-corrected chi connectivity index (χ1v) is 6.25. The Kier molecular flexibility index (Phi) is 6.18. The average Bonchev–Trinajstić information content (AvgIpc) is 2.78. The van der Waals surface area contributed by atoms with Crippen LogP contribution in [0.15, 0.2) is 22.8 Å². The number of hydrogen-bond donors (Lipinski definition) is 1. The highest BCUT2D eigenvalue weighted by atomic mass is 79.9. The van der Waals surface area contributed by atoms with E-state index in [0.717, 1.165) is 5.76 Å². The van der Waals surface area contributed by atoms with Gasteiger partial charge in [-0.3, -0.25) is 4.79 Å². The van der Waals surface area contributed by atoms with Gasteiger partial charge in [0.15, 0.2) is 0 Å². The summed E-state index contributed by atoms with van der Waals surface area (Å²) in [6.07, 6.45) is 2.67. The number of methoxy groups -OCH3 is 1. The number of hydrogen-bond acceptors (Lipinski definition) is 3. The van der Waals surface area contributed by atoms with E-state index in [1.54, 1.807) is 13.4 Å². The third-order valence-corrected chi connectivity index (χ3v) is 2.88. The van der Waals surface area contributed by atoms with Crippen molar-refractivity contribution in [3.8, 4) is 0 Å². The van der Waals surface area contributed by atoms with Crippen LogP contribution in [-0.4, -0.2) is 31.0 Å². The minimum absolute atomic E-state index is 0.0119. The Balaban J connectivity index is 2.24. The predicted molar refractivity (Wildman–Crippen MR) is 64.6 cm³/mol. The van der Waals surface area contributed by atoms with Crippen molar-refractivity contribution in [3.63, 3.8) is 0 Å². The molecule has 16 heavy (non-hydrogen) atoms. The molecule has 1 unspecified atom stereocenters. The first-order chi connectivity index (χ1) is 7.76. The molecule has 1 atom stereocenters. The molecule has 1 heterocycles. The highest BCUT2D eigenvalue weighted by molar-refractivity contribution is 9.09. The Labute approximate surface area is 103 Å². The van der Waals surface area contributed by atoms with Gasteiger partial charge in [0.25, 0.3) is 0 Å². The molecule has 1 aromatic heterocycles. The van der Waals surface area contributed by atoms with Crippen LogP contribution in [-0.2, 0) is 16.0 Å². The summed E-state index contributed by atoms with van der Waals surface area (Å²) in [5.74, 6) is 0.843. The normalized spacial score (nSPS) is 12.4. The van der Waals surface area contributed by atoms with Gasteiger partial charge in [0, 0.05) is 25.3 Å². The van der Waals surface area contributed by atoms with E-state index in [9.17, 15) is 4.79 Å². The van der Waals surface area contributed by atoms with Gasteiger partial charge in [0.1, 0.15) is 5.76 Å². The Morgan fingerprint density at radius 2 is 2.50 bits per heavy atom. The molecule has 4 nitrogen and oxygen atoms in total. The lowest BCUT2D eigenvalue weighted by molar-refractivity contribution is -0.122. The van der Waals surface area contributed by atoms with Crippen molar-refractivity contribution in [1.29, 1.82) is 0 Å². The van der Waals surface area contributed by atoms with Crippen LogP contribution in [0.4, 0.5) is 0 Å². The summed E-state index contributed by atoms with van der Waals surface area (Å²) in [4.78, 5) is 11.6. The molecular weight excluding hydrogens is 274 g/mol. The molecule has 0 saturated heterocycles. The lowest BCUT2D eigenvalue weighted by Crippen LogP contribution is -2.39. The third-order valence-electron chi connectivity index (χ3n) is 2.10. The summed E-state index contributed by atoms with van der Waals surface area (Å²) < 4.78 is 10.1. The zero-order chi connectivity index (χ0) is 11.8. The number of ether oxygens (including phenoxy) is 1. The van der Waals surface area contributed by atoms with E-state index in [2.05, 4.69) is 21.2 Å². The Morgan fingerprint density at radius 3 is 3.06 bits per heavy atom. The van der Waals surface area contributed by atoms with Crippen LogP contribution in [0.2, 0.25) is 0 Å². The molecule has 0 radical (unpaired) electrons. The number of rotatable bonds is 7. The van der Waals surface area contributed by atoms with Crippen LogP contribution in [0.5, 0.6) is 0 Å². The van der Waals surface area contributed by atoms with Gasteiger partial charge in [-0.05, 0) is 12.1 Å². The molecule has 1 amide bonds. The number of carbonyl (C=O) groups excluding carboxylic acids is 1. The smallest absolute Gasteiger partial charge is 0.220 e. The van der Waals surface area contributed by atoms with Crippen LogP contribution >= 0.6 is 15.9 Å². The van der Waals surface area contributed by atoms with Gasteiger partial charge < -0.3 is 14.5 Å². The lowest BCUT2D eigenvalue weighted by Gasteiger charge is -2.14. The molecule has 5 heteroatoms. The molecule has 1 N–H and O–H groups in total. The number of halogens is 1. The van der Waals surface area contributed by atoms with Crippen LogP contribution in [0.1, 0.15) is 12.2 Å². The Morgan fingerprint density at radius 1 is 1.69 bits per heavy atom. The molecule has 1 rings (SSSR count). The van der Waals surface area contributed by atoms with E-state index in [1.165, 1.54) is 0 Å². The quantitative estimate of drug-likeness (QED) is 0.778. The van der Waals surface area contributed by atoms with Crippen molar-refractivity contribution in [2.75, 3.05) is 19.0 Å². The van der Waals surface area contributed by atoms with Crippen molar-refractivity contribution in [3.05, 3.63) is 24.2 Å². The molecule has 0 aromatic carbocycles. The fourth-order valence-corrected chi connectivity index (χ4v) is 1.67. The minimum Gasteiger partial charge on any atom is -0.469 e. The van der Waals surface area contributed by atoms with Crippen LogP contribution in [0.3, 0.4) is 0 Å². The maximum absolute atomic E-state index is 11.6. The van der Waals surface area contributed by atoms with Crippen molar-refractivity contribution in [2.45, 2.75) is 18.9 Å². The number of alkyl halides is 1. The van der Waals surface area contributed by atoms with Gasteiger partial charge in [-0.25, -0.2) is 0 Å². The number of amides is 1. The summed E-state index contributed by atoms with van der Waals surface area (Å²) >= 11 is 3.32. The topological polar surface area (TPSA) is 51.5 Å². The second-order valence-corrected chi connectivity index (χ2v) is 4.10.